The second kappa shape index (κ2) is 6.88. The molecule has 2 aromatic carbocycles. The molecule has 20 heavy (non-hydrogen) atoms. The zero-order valence-corrected chi connectivity index (χ0v) is 12.5. The quantitative estimate of drug-likeness (QED) is 0.500. The third-order valence-corrected chi connectivity index (χ3v) is 4.34. The van der Waals surface area contributed by atoms with Gasteiger partial charge in [-0.3, -0.25) is 11.3 Å². The molecular formula is C16H19FN2S. The standard InChI is InChI=1S/C16H19FN2S/c1-11-3-7-14(8-4-11)20-10-16(19-18)13-6-5-12(2)15(17)9-13/h3-9,16,19H,10,18H2,1-2H3. The van der Waals surface area contributed by atoms with Crippen LogP contribution in [0.25, 0.3) is 0 Å². The lowest BCUT2D eigenvalue weighted by atomic mass is 10.1. The van der Waals surface area contributed by atoms with Crippen LogP contribution in [0.15, 0.2) is 47.4 Å². The zero-order valence-electron chi connectivity index (χ0n) is 11.7. The third-order valence-electron chi connectivity index (χ3n) is 3.24. The van der Waals surface area contributed by atoms with E-state index in [1.807, 2.05) is 6.07 Å². The lowest BCUT2D eigenvalue weighted by Crippen LogP contribution is -2.29. The van der Waals surface area contributed by atoms with Gasteiger partial charge in [0.25, 0.3) is 0 Å². The summed E-state index contributed by atoms with van der Waals surface area (Å²) in [5.74, 6) is 6.16. The predicted molar refractivity (Wildman–Crippen MR) is 83.1 cm³/mol. The highest BCUT2D eigenvalue weighted by molar-refractivity contribution is 7.99. The van der Waals surface area contributed by atoms with E-state index in [0.29, 0.717) is 5.56 Å². The van der Waals surface area contributed by atoms with Gasteiger partial charge in [0.1, 0.15) is 5.82 Å². The van der Waals surface area contributed by atoms with Crippen LogP contribution in [-0.2, 0) is 0 Å². The number of hydrogen-bond acceptors (Lipinski definition) is 3. The minimum absolute atomic E-state index is 0.0728. The van der Waals surface area contributed by atoms with E-state index in [0.717, 1.165) is 11.3 Å². The molecule has 2 aromatic rings. The van der Waals surface area contributed by atoms with E-state index < -0.39 is 0 Å². The topological polar surface area (TPSA) is 38.0 Å². The van der Waals surface area contributed by atoms with Gasteiger partial charge in [-0.1, -0.05) is 29.8 Å². The summed E-state index contributed by atoms with van der Waals surface area (Å²) in [5, 5.41) is 0. The molecule has 0 spiro atoms. The highest BCUT2D eigenvalue weighted by Gasteiger charge is 2.12. The Morgan fingerprint density at radius 1 is 1.15 bits per heavy atom. The fraction of sp³-hybridized carbons (Fsp3) is 0.250. The molecule has 0 aliphatic carbocycles. The van der Waals surface area contributed by atoms with Gasteiger partial charge >= 0.3 is 0 Å². The Balaban J connectivity index is 2.05. The number of halogens is 1. The maximum atomic E-state index is 13.6. The van der Waals surface area contributed by atoms with Crippen LogP contribution < -0.4 is 11.3 Å². The van der Waals surface area contributed by atoms with Crippen LogP contribution in [0.3, 0.4) is 0 Å². The van der Waals surface area contributed by atoms with Crippen molar-refractivity contribution in [2.45, 2.75) is 24.8 Å². The lowest BCUT2D eigenvalue weighted by molar-refractivity contribution is 0.587. The Morgan fingerprint density at radius 2 is 1.85 bits per heavy atom. The van der Waals surface area contributed by atoms with Gasteiger partial charge < -0.3 is 0 Å². The number of thioether (sulfide) groups is 1. The molecule has 0 radical (unpaired) electrons. The average Bonchev–Trinajstić information content (AvgIpc) is 2.45. The predicted octanol–water partition coefficient (Wildman–Crippen LogP) is 3.74. The highest BCUT2D eigenvalue weighted by Crippen LogP contribution is 2.25. The largest absolute Gasteiger partial charge is 0.271 e. The van der Waals surface area contributed by atoms with E-state index in [-0.39, 0.29) is 11.9 Å². The second-order valence-electron chi connectivity index (χ2n) is 4.85. The summed E-state index contributed by atoms with van der Waals surface area (Å²) in [6, 6.07) is 13.5. The molecule has 0 aromatic heterocycles. The summed E-state index contributed by atoms with van der Waals surface area (Å²) >= 11 is 1.70. The molecule has 1 atom stereocenters. The van der Waals surface area contributed by atoms with Gasteiger partial charge in [-0.2, -0.15) is 0 Å². The molecule has 0 aliphatic rings. The van der Waals surface area contributed by atoms with E-state index in [9.17, 15) is 4.39 Å². The molecule has 106 valence electrons. The molecule has 0 aliphatic heterocycles. The smallest absolute Gasteiger partial charge is 0.126 e. The summed E-state index contributed by atoms with van der Waals surface area (Å²) < 4.78 is 13.6. The maximum absolute atomic E-state index is 13.6. The Hall–Kier alpha value is -1.36. The van der Waals surface area contributed by atoms with Gasteiger partial charge in [-0.05, 0) is 43.2 Å². The van der Waals surface area contributed by atoms with E-state index in [2.05, 4.69) is 36.6 Å². The van der Waals surface area contributed by atoms with Crippen LogP contribution in [0.5, 0.6) is 0 Å². The summed E-state index contributed by atoms with van der Waals surface area (Å²) in [6.45, 7) is 3.82. The summed E-state index contributed by atoms with van der Waals surface area (Å²) in [5.41, 5.74) is 5.52. The summed E-state index contributed by atoms with van der Waals surface area (Å²) in [4.78, 5) is 1.18. The first-order valence-corrected chi connectivity index (χ1v) is 7.50. The third kappa shape index (κ3) is 3.82. The molecule has 0 heterocycles. The minimum Gasteiger partial charge on any atom is -0.271 e. The summed E-state index contributed by atoms with van der Waals surface area (Å²) in [7, 11) is 0. The van der Waals surface area contributed by atoms with Crippen molar-refractivity contribution in [3.05, 3.63) is 65.0 Å². The van der Waals surface area contributed by atoms with Crippen LogP contribution >= 0.6 is 11.8 Å². The number of aryl methyl sites for hydroxylation is 2. The van der Waals surface area contributed by atoms with Crippen molar-refractivity contribution in [1.29, 1.82) is 0 Å². The Morgan fingerprint density at radius 3 is 2.45 bits per heavy atom. The van der Waals surface area contributed by atoms with Crippen LogP contribution in [0.1, 0.15) is 22.7 Å². The van der Waals surface area contributed by atoms with Crippen LogP contribution in [0, 0.1) is 19.7 Å². The van der Waals surface area contributed by atoms with Crippen molar-refractivity contribution in [1.82, 2.24) is 5.43 Å². The van der Waals surface area contributed by atoms with E-state index in [1.165, 1.54) is 10.5 Å². The number of nitrogens with one attached hydrogen (secondary N) is 1. The van der Waals surface area contributed by atoms with Crippen molar-refractivity contribution in [2.24, 2.45) is 5.84 Å². The lowest BCUT2D eigenvalue weighted by Gasteiger charge is -2.16. The first-order valence-electron chi connectivity index (χ1n) is 6.52. The van der Waals surface area contributed by atoms with Crippen molar-refractivity contribution >= 4 is 11.8 Å². The monoisotopic (exact) mass is 290 g/mol. The van der Waals surface area contributed by atoms with Crippen LogP contribution in [0.4, 0.5) is 4.39 Å². The molecular weight excluding hydrogens is 271 g/mol. The SMILES string of the molecule is Cc1ccc(SCC(NN)c2ccc(C)c(F)c2)cc1. The van der Waals surface area contributed by atoms with E-state index in [1.54, 1.807) is 30.8 Å². The molecule has 0 saturated heterocycles. The van der Waals surface area contributed by atoms with E-state index >= 15 is 0 Å². The number of benzene rings is 2. The van der Waals surface area contributed by atoms with Gasteiger partial charge in [0, 0.05) is 10.6 Å². The molecule has 1 unspecified atom stereocenters. The Labute approximate surface area is 123 Å². The average molecular weight is 290 g/mol. The second-order valence-corrected chi connectivity index (χ2v) is 5.95. The van der Waals surface area contributed by atoms with Gasteiger partial charge in [0.15, 0.2) is 0 Å². The fourth-order valence-corrected chi connectivity index (χ4v) is 2.86. The minimum atomic E-state index is -0.192. The molecule has 2 rings (SSSR count). The molecule has 0 saturated carbocycles. The molecule has 0 fully saturated rings. The molecule has 4 heteroatoms. The van der Waals surface area contributed by atoms with Gasteiger partial charge in [0.05, 0.1) is 6.04 Å². The molecule has 3 N–H and O–H groups in total. The first-order chi connectivity index (χ1) is 9.60. The van der Waals surface area contributed by atoms with Crippen molar-refractivity contribution < 1.29 is 4.39 Å². The Kier molecular flexibility index (Phi) is 5.17. The maximum Gasteiger partial charge on any atom is 0.126 e. The van der Waals surface area contributed by atoms with E-state index in [4.69, 9.17) is 5.84 Å². The number of hydrazine groups is 1. The highest BCUT2D eigenvalue weighted by atomic mass is 32.2. The van der Waals surface area contributed by atoms with Crippen molar-refractivity contribution in [3.8, 4) is 0 Å². The Bertz CT molecular complexity index is 569. The number of rotatable bonds is 5. The van der Waals surface area contributed by atoms with Crippen LogP contribution in [0.2, 0.25) is 0 Å². The first kappa shape index (κ1) is 15.0. The molecule has 0 bridgehead atoms. The van der Waals surface area contributed by atoms with Crippen molar-refractivity contribution in [3.63, 3.8) is 0 Å². The molecule has 2 nitrogen and oxygen atoms in total. The van der Waals surface area contributed by atoms with Gasteiger partial charge in [-0.25, -0.2) is 4.39 Å². The van der Waals surface area contributed by atoms with Crippen LogP contribution in [-0.4, -0.2) is 5.75 Å². The fourth-order valence-electron chi connectivity index (χ4n) is 1.88. The van der Waals surface area contributed by atoms with Gasteiger partial charge in [-0.15, -0.1) is 11.8 Å². The normalized spacial score (nSPS) is 12.4. The summed E-state index contributed by atoms with van der Waals surface area (Å²) in [6.07, 6.45) is 0. The van der Waals surface area contributed by atoms with Crippen molar-refractivity contribution in [2.75, 3.05) is 5.75 Å². The molecule has 0 amide bonds. The number of hydrogen-bond donors (Lipinski definition) is 2. The zero-order chi connectivity index (χ0) is 14.5. The van der Waals surface area contributed by atoms with Gasteiger partial charge in [0.2, 0.25) is 0 Å². The number of nitrogens with two attached hydrogens (primary N) is 1.